The molecule has 1 heterocycles. The summed E-state index contributed by atoms with van der Waals surface area (Å²) in [5, 5.41) is 6.34. The Kier molecular flexibility index (Phi) is 6.01. The number of ether oxygens (including phenoxy) is 1. The number of nitrogens with one attached hydrogen (secondary N) is 2. The molecule has 0 spiro atoms. The van der Waals surface area contributed by atoms with Crippen LogP contribution >= 0.6 is 0 Å². The number of piperidine rings is 1. The van der Waals surface area contributed by atoms with E-state index in [2.05, 4.69) is 10.6 Å². The molecule has 0 saturated carbocycles. The zero-order chi connectivity index (χ0) is 17.5. The van der Waals surface area contributed by atoms with Gasteiger partial charge in [-0.2, -0.15) is 0 Å². The van der Waals surface area contributed by atoms with Gasteiger partial charge in [0, 0.05) is 5.92 Å². The SMILES string of the molecule is O=C(NC(COc1ccccc1F)c1ccccc1)C1CCNCC1. The standard InChI is InChI=1S/C20H23FN2O2/c21-17-8-4-5-9-19(17)25-14-18(15-6-2-1-3-7-15)23-20(24)16-10-12-22-13-11-16/h1-9,16,18,22H,10-14H2,(H,23,24). The molecule has 132 valence electrons. The normalized spacial score (nSPS) is 16.2. The number of halogens is 1. The van der Waals surface area contributed by atoms with Crippen molar-refractivity contribution in [2.24, 2.45) is 5.92 Å². The van der Waals surface area contributed by atoms with Gasteiger partial charge in [-0.25, -0.2) is 4.39 Å². The number of carbonyl (C=O) groups is 1. The zero-order valence-corrected chi connectivity index (χ0v) is 14.1. The highest BCUT2D eigenvalue weighted by atomic mass is 19.1. The lowest BCUT2D eigenvalue weighted by atomic mass is 9.96. The van der Waals surface area contributed by atoms with E-state index < -0.39 is 5.82 Å². The minimum atomic E-state index is -0.404. The molecule has 4 nitrogen and oxygen atoms in total. The number of benzene rings is 2. The molecule has 2 aromatic carbocycles. The predicted molar refractivity (Wildman–Crippen MR) is 94.8 cm³/mol. The van der Waals surface area contributed by atoms with Crippen LogP contribution < -0.4 is 15.4 Å². The average Bonchev–Trinajstić information content (AvgIpc) is 2.67. The molecule has 0 bridgehead atoms. The molecule has 1 unspecified atom stereocenters. The molecule has 0 radical (unpaired) electrons. The van der Waals surface area contributed by atoms with Gasteiger partial charge in [0.05, 0.1) is 6.04 Å². The second-order valence-corrected chi connectivity index (χ2v) is 6.24. The van der Waals surface area contributed by atoms with Gasteiger partial charge in [0.25, 0.3) is 0 Å². The van der Waals surface area contributed by atoms with E-state index in [1.165, 1.54) is 6.07 Å². The first kappa shape index (κ1) is 17.4. The van der Waals surface area contributed by atoms with Crippen LogP contribution in [0.2, 0.25) is 0 Å². The fraction of sp³-hybridized carbons (Fsp3) is 0.350. The van der Waals surface area contributed by atoms with Gasteiger partial charge in [-0.15, -0.1) is 0 Å². The first-order valence-corrected chi connectivity index (χ1v) is 8.67. The number of hydrogen-bond donors (Lipinski definition) is 2. The Morgan fingerprint density at radius 2 is 1.80 bits per heavy atom. The summed E-state index contributed by atoms with van der Waals surface area (Å²) < 4.78 is 19.4. The van der Waals surface area contributed by atoms with Gasteiger partial charge < -0.3 is 15.4 Å². The summed E-state index contributed by atoms with van der Waals surface area (Å²) in [6, 6.07) is 15.6. The van der Waals surface area contributed by atoms with Gasteiger partial charge in [0.2, 0.25) is 5.91 Å². The lowest BCUT2D eigenvalue weighted by molar-refractivity contribution is -0.126. The Morgan fingerprint density at radius 3 is 2.52 bits per heavy atom. The molecule has 0 aliphatic carbocycles. The van der Waals surface area contributed by atoms with E-state index in [0.29, 0.717) is 0 Å². The lowest BCUT2D eigenvalue weighted by Crippen LogP contribution is -2.41. The molecular formula is C20H23FN2O2. The second kappa shape index (κ2) is 8.62. The summed E-state index contributed by atoms with van der Waals surface area (Å²) in [6.07, 6.45) is 1.67. The van der Waals surface area contributed by atoms with Crippen LogP contribution in [0.4, 0.5) is 4.39 Å². The average molecular weight is 342 g/mol. The number of hydrogen-bond acceptors (Lipinski definition) is 3. The van der Waals surface area contributed by atoms with Gasteiger partial charge in [-0.3, -0.25) is 4.79 Å². The highest BCUT2D eigenvalue weighted by molar-refractivity contribution is 5.79. The Morgan fingerprint density at radius 1 is 1.12 bits per heavy atom. The molecule has 1 aliphatic heterocycles. The van der Waals surface area contributed by atoms with Gasteiger partial charge in [-0.1, -0.05) is 42.5 Å². The summed E-state index contributed by atoms with van der Waals surface area (Å²) in [6.45, 7) is 1.90. The summed E-state index contributed by atoms with van der Waals surface area (Å²) >= 11 is 0. The van der Waals surface area contributed by atoms with E-state index in [1.54, 1.807) is 18.2 Å². The monoisotopic (exact) mass is 342 g/mol. The van der Waals surface area contributed by atoms with Gasteiger partial charge in [-0.05, 0) is 43.6 Å². The van der Waals surface area contributed by atoms with Crippen LogP contribution in [0.15, 0.2) is 54.6 Å². The molecule has 1 atom stereocenters. The quantitative estimate of drug-likeness (QED) is 0.848. The van der Waals surface area contributed by atoms with Crippen LogP contribution in [0.5, 0.6) is 5.75 Å². The first-order chi connectivity index (χ1) is 12.2. The molecule has 2 N–H and O–H groups in total. The number of rotatable bonds is 6. The van der Waals surface area contributed by atoms with Crippen LogP contribution in [0.1, 0.15) is 24.4 Å². The largest absolute Gasteiger partial charge is 0.488 e. The van der Waals surface area contributed by atoms with Gasteiger partial charge in [0.15, 0.2) is 11.6 Å². The van der Waals surface area contributed by atoms with Crippen LogP contribution in [-0.4, -0.2) is 25.6 Å². The van der Waals surface area contributed by atoms with E-state index in [1.807, 2.05) is 30.3 Å². The van der Waals surface area contributed by atoms with Crippen LogP contribution in [0.3, 0.4) is 0 Å². The number of carbonyl (C=O) groups excluding carboxylic acids is 1. The molecule has 1 saturated heterocycles. The first-order valence-electron chi connectivity index (χ1n) is 8.67. The molecule has 1 aliphatic rings. The van der Waals surface area contributed by atoms with Crippen molar-refractivity contribution >= 4 is 5.91 Å². The van der Waals surface area contributed by atoms with Crippen LogP contribution in [0, 0.1) is 11.7 Å². The summed E-state index contributed by atoms with van der Waals surface area (Å²) in [7, 11) is 0. The number of amides is 1. The number of para-hydroxylation sites is 1. The Balaban J connectivity index is 1.69. The van der Waals surface area contributed by atoms with Crippen molar-refractivity contribution in [1.29, 1.82) is 0 Å². The maximum atomic E-state index is 13.8. The molecule has 1 fully saturated rings. The van der Waals surface area contributed by atoms with E-state index in [0.717, 1.165) is 31.5 Å². The van der Waals surface area contributed by atoms with Crippen molar-refractivity contribution in [3.05, 3.63) is 66.0 Å². The van der Waals surface area contributed by atoms with Crippen molar-refractivity contribution in [3.63, 3.8) is 0 Å². The Bertz CT molecular complexity index is 687. The summed E-state index contributed by atoms with van der Waals surface area (Å²) in [5.41, 5.74) is 0.945. The second-order valence-electron chi connectivity index (χ2n) is 6.24. The Labute approximate surface area is 147 Å². The predicted octanol–water partition coefficient (Wildman–Crippen LogP) is 3.06. The van der Waals surface area contributed by atoms with Gasteiger partial charge in [0.1, 0.15) is 6.61 Å². The minimum Gasteiger partial charge on any atom is -0.488 e. The van der Waals surface area contributed by atoms with Crippen LogP contribution in [-0.2, 0) is 4.79 Å². The minimum absolute atomic E-state index is 0.0147. The molecule has 0 aromatic heterocycles. The zero-order valence-electron chi connectivity index (χ0n) is 14.1. The highest BCUT2D eigenvalue weighted by Gasteiger charge is 2.24. The fourth-order valence-electron chi connectivity index (χ4n) is 3.02. The molecule has 3 rings (SSSR count). The van der Waals surface area contributed by atoms with Crippen molar-refractivity contribution < 1.29 is 13.9 Å². The molecule has 2 aromatic rings. The molecule has 25 heavy (non-hydrogen) atoms. The van der Waals surface area contributed by atoms with Crippen molar-refractivity contribution in [2.45, 2.75) is 18.9 Å². The maximum absolute atomic E-state index is 13.8. The maximum Gasteiger partial charge on any atom is 0.223 e. The van der Waals surface area contributed by atoms with Crippen molar-refractivity contribution in [2.75, 3.05) is 19.7 Å². The van der Waals surface area contributed by atoms with Crippen molar-refractivity contribution in [3.8, 4) is 5.75 Å². The van der Waals surface area contributed by atoms with Crippen LogP contribution in [0.25, 0.3) is 0 Å². The van der Waals surface area contributed by atoms with Gasteiger partial charge >= 0.3 is 0 Å². The molecular weight excluding hydrogens is 319 g/mol. The smallest absolute Gasteiger partial charge is 0.223 e. The summed E-state index contributed by atoms with van der Waals surface area (Å²) in [5.74, 6) is -0.160. The highest BCUT2D eigenvalue weighted by Crippen LogP contribution is 2.21. The van der Waals surface area contributed by atoms with E-state index in [4.69, 9.17) is 4.74 Å². The third-order valence-corrected chi connectivity index (χ3v) is 4.47. The third-order valence-electron chi connectivity index (χ3n) is 4.47. The summed E-state index contributed by atoms with van der Waals surface area (Å²) in [4.78, 5) is 12.6. The van der Waals surface area contributed by atoms with E-state index >= 15 is 0 Å². The van der Waals surface area contributed by atoms with E-state index in [9.17, 15) is 9.18 Å². The lowest BCUT2D eigenvalue weighted by Gasteiger charge is -2.26. The molecule has 5 heteroatoms. The van der Waals surface area contributed by atoms with Crippen molar-refractivity contribution in [1.82, 2.24) is 10.6 Å². The van der Waals surface area contributed by atoms with E-state index in [-0.39, 0.29) is 30.2 Å². The third kappa shape index (κ3) is 4.79. The topological polar surface area (TPSA) is 50.4 Å². The fourth-order valence-corrected chi connectivity index (χ4v) is 3.02. The molecule has 1 amide bonds. The Hall–Kier alpha value is -2.40.